The number of piperazine rings is 1. The van der Waals surface area contributed by atoms with E-state index >= 15 is 0 Å². The fourth-order valence-corrected chi connectivity index (χ4v) is 3.28. The van der Waals surface area contributed by atoms with E-state index in [1.165, 1.54) is 5.57 Å². The van der Waals surface area contributed by atoms with E-state index in [0.29, 0.717) is 19.7 Å². The van der Waals surface area contributed by atoms with Gasteiger partial charge in [0.15, 0.2) is 0 Å². The van der Waals surface area contributed by atoms with Crippen LogP contribution in [0.4, 0.5) is 10.6 Å². The van der Waals surface area contributed by atoms with Crippen LogP contribution in [0.25, 0.3) is 0 Å². The Morgan fingerprint density at radius 3 is 2.77 bits per heavy atom. The smallest absolute Gasteiger partial charge is 0.317 e. The Morgan fingerprint density at radius 2 is 2.08 bits per heavy atom. The normalized spacial score (nSPS) is 18.6. The topological polar surface area (TPSA) is 60.9 Å². The zero-order chi connectivity index (χ0) is 18.4. The summed E-state index contributed by atoms with van der Waals surface area (Å²) in [6.45, 7) is 6.64. The van der Waals surface area contributed by atoms with Crippen LogP contribution in [0.5, 0.6) is 0 Å². The van der Waals surface area contributed by atoms with Crippen LogP contribution in [0, 0.1) is 0 Å². The van der Waals surface area contributed by atoms with Crippen molar-refractivity contribution in [3.05, 3.63) is 35.5 Å². The van der Waals surface area contributed by atoms with Crippen molar-refractivity contribution in [1.29, 1.82) is 0 Å². The zero-order valence-electron chi connectivity index (χ0n) is 15.8. The molecule has 26 heavy (non-hydrogen) atoms. The summed E-state index contributed by atoms with van der Waals surface area (Å²) < 4.78 is 5.15. The number of urea groups is 1. The Labute approximate surface area is 155 Å². The van der Waals surface area contributed by atoms with E-state index in [2.05, 4.69) is 39.3 Å². The number of nitrogens with one attached hydrogen (secondary N) is 1. The average molecular weight is 359 g/mol. The predicted octanol–water partition coefficient (Wildman–Crippen LogP) is 1.32. The molecule has 0 aromatic carbocycles. The van der Waals surface area contributed by atoms with Crippen LogP contribution in [-0.4, -0.2) is 80.8 Å². The van der Waals surface area contributed by atoms with Gasteiger partial charge in [0, 0.05) is 59.1 Å². The summed E-state index contributed by atoms with van der Waals surface area (Å²) in [7, 11) is 3.84. The lowest BCUT2D eigenvalue weighted by molar-refractivity contribution is 0.193. The number of hydrogen-bond acceptors (Lipinski definition) is 5. The fourth-order valence-electron chi connectivity index (χ4n) is 3.28. The van der Waals surface area contributed by atoms with E-state index < -0.39 is 0 Å². The summed E-state index contributed by atoms with van der Waals surface area (Å²) >= 11 is 0. The number of hydrogen-bond donors (Lipinski definition) is 1. The maximum Gasteiger partial charge on any atom is 0.317 e. The van der Waals surface area contributed by atoms with E-state index in [1.54, 1.807) is 7.11 Å². The molecule has 0 unspecified atom stereocenters. The van der Waals surface area contributed by atoms with Crippen LogP contribution in [0.2, 0.25) is 0 Å². The first-order chi connectivity index (χ1) is 12.7. The third-order valence-corrected chi connectivity index (χ3v) is 5.00. The summed E-state index contributed by atoms with van der Waals surface area (Å²) in [6, 6.07) is 4.03. The molecule has 7 nitrogen and oxygen atoms in total. The molecule has 1 aromatic rings. The Hall–Kier alpha value is -2.12. The number of aromatic nitrogens is 1. The highest BCUT2D eigenvalue weighted by atomic mass is 16.5. The van der Waals surface area contributed by atoms with Gasteiger partial charge < -0.3 is 24.8 Å². The van der Waals surface area contributed by atoms with Gasteiger partial charge in [0.2, 0.25) is 0 Å². The van der Waals surface area contributed by atoms with Crippen LogP contribution in [0.15, 0.2) is 30.0 Å². The van der Waals surface area contributed by atoms with Crippen molar-refractivity contribution >= 4 is 11.8 Å². The van der Waals surface area contributed by atoms with Crippen molar-refractivity contribution in [2.24, 2.45) is 0 Å². The van der Waals surface area contributed by atoms with E-state index in [0.717, 1.165) is 50.5 Å². The van der Waals surface area contributed by atoms with Gasteiger partial charge in [-0.2, -0.15) is 0 Å². The van der Waals surface area contributed by atoms with Crippen molar-refractivity contribution < 1.29 is 9.53 Å². The number of likely N-dealkylation sites (N-methyl/N-ethyl adjacent to an activating group) is 1. The number of rotatable bonds is 5. The maximum absolute atomic E-state index is 12.4. The molecule has 3 rings (SSSR count). The summed E-state index contributed by atoms with van der Waals surface area (Å²) in [6.07, 6.45) is 4.80. The van der Waals surface area contributed by atoms with E-state index in [1.807, 2.05) is 17.2 Å². The number of amides is 2. The molecule has 2 amide bonds. The van der Waals surface area contributed by atoms with Crippen LogP contribution < -0.4 is 10.2 Å². The third-order valence-electron chi connectivity index (χ3n) is 5.00. The lowest BCUT2D eigenvalue weighted by Gasteiger charge is -2.33. The summed E-state index contributed by atoms with van der Waals surface area (Å²) in [4.78, 5) is 23.3. The number of pyridine rings is 1. The first-order valence-corrected chi connectivity index (χ1v) is 9.24. The number of anilines is 1. The second-order valence-corrected chi connectivity index (χ2v) is 6.96. The molecule has 3 heterocycles. The zero-order valence-corrected chi connectivity index (χ0v) is 15.8. The molecule has 1 fully saturated rings. The number of nitrogens with zero attached hydrogens (tertiary/aromatic N) is 4. The second-order valence-electron chi connectivity index (χ2n) is 6.96. The SMILES string of the molecule is COCC1=CCN(C(=O)NCc2ccnc(N3CCN(C)CC3)c2)CC1. The molecular formula is C19H29N5O2. The van der Waals surface area contributed by atoms with Gasteiger partial charge in [-0.25, -0.2) is 9.78 Å². The number of carbonyl (C=O) groups is 1. The molecule has 1 saturated heterocycles. The van der Waals surface area contributed by atoms with Gasteiger partial charge in [0.1, 0.15) is 5.82 Å². The van der Waals surface area contributed by atoms with Crippen LogP contribution >= 0.6 is 0 Å². The van der Waals surface area contributed by atoms with E-state index in [9.17, 15) is 4.79 Å². The number of methoxy groups -OCH3 is 1. The minimum absolute atomic E-state index is 0.0179. The standard InChI is InChI=1S/C19H29N5O2/c1-22-9-11-23(12-10-22)18-13-17(3-6-20-18)14-21-19(25)24-7-4-16(5-8-24)15-26-2/h3-4,6,13H,5,7-12,14-15H2,1-2H3,(H,21,25). The Balaban J connectivity index is 1.50. The molecule has 0 bridgehead atoms. The molecule has 2 aliphatic heterocycles. The lowest BCUT2D eigenvalue weighted by Crippen LogP contribution is -2.45. The first-order valence-electron chi connectivity index (χ1n) is 9.24. The van der Waals surface area contributed by atoms with Crippen LogP contribution in [0.1, 0.15) is 12.0 Å². The minimum Gasteiger partial charge on any atom is -0.380 e. The third kappa shape index (κ3) is 4.95. The van der Waals surface area contributed by atoms with Crippen molar-refractivity contribution in [3.63, 3.8) is 0 Å². The number of carbonyl (C=O) groups excluding carboxylic acids is 1. The summed E-state index contributed by atoms with van der Waals surface area (Å²) in [5.74, 6) is 0.995. The summed E-state index contributed by atoms with van der Waals surface area (Å²) in [5.41, 5.74) is 2.34. The van der Waals surface area contributed by atoms with Gasteiger partial charge in [0.05, 0.1) is 6.61 Å². The molecule has 0 aliphatic carbocycles. The molecule has 0 atom stereocenters. The maximum atomic E-state index is 12.4. The average Bonchev–Trinajstić information content (AvgIpc) is 2.68. The van der Waals surface area contributed by atoms with Gasteiger partial charge in [-0.3, -0.25) is 0 Å². The molecule has 0 radical (unpaired) electrons. The van der Waals surface area contributed by atoms with Gasteiger partial charge in [-0.05, 0) is 36.7 Å². The van der Waals surface area contributed by atoms with Crippen LogP contribution in [0.3, 0.4) is 0 Å². The van der Waals surface area contributed by atoms with Gasteiger partial charge in [-0.15, -0.1) is 0 Å². The second kappa shape index (κ2) is 9.00. The molecule has 142 valence electrons. The number of ether oxygens (including phenoxy) is 1. The largest absolute Gasteiger partial charge is 0.380 e. The van der Waals surface area contributed by atoms with Crippen molar-refractivity contribution in [2.75, 3.05) is 64.9 Å². The highest BCUT2D eigenvalue weighted by Gasteiger charge is 2.18. The highest BCUT2D eigenvalue weighted by molar-refractivity contribution is 5.74. The molecule has 1 aromatic heterocycles. The van der Waals surface area contributed by atoms with Crippen molar-refractivity contribution in [3.8, 4) is 0 Å². The monoisotopic (exact) mass is 359 g/mol. The molecule has 2 aliphatic rings. The summed E-state index contributed by atoms with van der Waals surface area (Å²) in [5, 5.41) is 3.02. The molecule has 0 saturated carbocycles. The highest BCUT2D eigenvalue weighted by Crippen LogP contribution is 2.15. The molecule has 1 N–H and O–H groups in total. The Bertz CT molecular complexity index is 641. The van der Waals surface area contributed by atoms with Gasteiger partial charge >= 0.3 is 6.03 Å². The Kier molecular flexibility index (Phi) is 6.46. The lowest BCUT2D eigenvalue weighted by atomic mass is 10.1. The van der Waals surface area contributed by atoms with E-state index in [-0.39, 0.29) is 6.03 Å². The first kappa shape index (κ1) is 18.7. The quantitative estimate of drug-likeness (QED) is 0.804. The minimum atomic E-state index is -0.0179. The van der Waals surface area contributed by atoms with Gasteiger partial charge in [0.25, 0.3) is 0 Å². The van der Waals surface area contributed by atoms with Crippen molar-refractivity contribution in [1.82, 2.24) is 20.1 Å². The van der Waals surface area contributed by atoms with Gasteiger partial charge in [-0.1, -0.05) is 6.08 Å². The van der Waals surface area contributed by atoms with Crippen molar-refractivity contribution in [2.45, 2.75) is 13.0 Å². The predicted molar refractivity (Wildman–Crippen MR) is 102 cm³/mol. The van der Waals surface area contributed by atoms with E-state index in [4.69, 9.17) is 4.74 Å². The molecular weight excluding hydrogens is 330 g/mol. The molecule has 0 spiro atoms. The molecule has 7 heteroatoms. The fraction of sp³-hybridized carbons (Fsp3) is 0.579. The van der Waals surface area contributed by atoms with Crippen LogP contribution in [-0.2, 0) is 11.3 Å². The Morgan fingerprint density at radius 1 is 1.27 bits per heavy atom.